The maximum absolute atomic E-state index is 9.60. The second-order valence-electron chi connectivity index (χ2n) is 3.81. The quantitative estimate of drug-likeness (QED) is 0.612. The molecule has 1 aromatic carbocycles. The highest BCUT2D eigenvalue weighted by atomic mass is 16.5. The van der Waals surface area contributed by atoms with Gasteiger partial charge >= 0.3 is 5.97 Å². The molecule has 4 heteroatoms. The Kier molecular flexibility index (Phi) is 9.04. The summed E-state index contributed by atoms with van der Waals surface area (Å²) in [5.41, 5.74) is 2.39. The Balaban J connectivity index is 0.000000459. The zero-order chi connectivity index (χ0) is 14.7. The summed E-state index contributed by atoms with van der Waals surface area (Å²) in [7, 11) is 0. The summed E-state index contributed by atoms with van der Waals surface area (Å²) >= 11 is 0. The molecular weight excluding hydrogens is 244 g/mol. The number of hydrogen-bond donors (Lipinski definition) is 2. The van der Waals surface area contributed by atoms with Gasteiger partial charge in [-0.3, -0.25) is 0 Å². The van der Waals surface area contributed by atoms with Gasteiger partial charge in [0, 0.05) is 5.57 Å². The first-order valence-electron chi connectivity index (χ1n) is 5.80. The lowest BCUT2D eigenvalue weighted by atomic mass is 10.1. The minimum atomic E-state index is -0.935. The van der Waals surface area contributed by atoms with Crippen molar-refractivity contribution in [2.24, 2.45) is 0 Å². The fourth-order valence-corrected chi connectivity index (χ4v) is 1.00. The first kappa shape index (κ1) is 17.1. The fourth-order valence-electron chi connectivity index (χ4n) is 1.00. The Hall–Kier alpha value is -1.91. The number of aliphatic carboxylic acids is 1. The van der Waals surface area contributed by atoms with Crippen molar-refractivity contribution in [1.29, 1.82) is 0 Å². The highest BCUT2D eigenvalue weighted by Crippen LogP contribution is 2.06. The number of carboxylic acid groups (broad SMARTS) is 1. The molecule has 0 aliphatic rings. The van der Waals surface area contributed by atoms with Gasteiger partial charge in [-0.25, -0.2) is 4.79 Å². The third-order valence-corrected chi connectivity index (χ3v) is 2.08. The number of aliphatic hydroxyl groups excluding tert-OH is 1. The van der Waals surface area contributed by atoms with Gasteiger partial charge in [0.25, 0.3) is 0 Å². The Labute approximate surface area is 113 Å². The summed E-state index contributed by atoms with van der Waals surface area (Å²) < 4.78 is 5.17. The van der Waals surface area contributed by atoms with Crippen LogP contribution in [-0.4, -0.2) is 29.4 Å². The summed E-state index contributed by atoms with van der Waals surface area (Å²) in [6, 6.07) is 7.97. The van der Waals surface area contributed by atoms with E-state index in [1.54, 1.807) is 6.08 Å². The molecule has 0 fully saturated rings. The third-order valence-electron chi connectivity index (χ3n) is 2.08. The van der Waals surface area contributed by atoms with Crippen LogP contribution in [0.5, 0.6) is 0 Å². The predicted octanol–water partition coefficient (Wildman–Crippen LogP) is 2.49. The van der Waals surface area contributed by atoms with Gasteiger partial charge in [-0.15, -0.1) is 0 Å². The minimum Gasteiger partial charge on any atom is -0.478 e. The van der Waals surface area contributed by atoms with Crippen molar-refractivity contribution in [3.05, 3.63) is 54.1 Å². The molecule has 0 spiro atoms. The van der Waals surface area contributed by atoms with Crippen LogP contribution in [0.25, 0.3) is 6.08 Å². The Morgan fingerprint density at radius 1 is 1.37 bits per heavy atom. The van der Waals surface area contributed by atoms with Gasteiger partial charge in [0.05, 0.1) is 19.8 Å². The number of carbonyl (C=O) groups is 1. The van der Waals surface area contributed by atoms with Crippen LogP contribution in [0.4, 0.5) is 0 Å². The van der Waals surface area contributed by atoms with Gasteiger partial charge in [-0.2, -0.15) is 0 Å². The van der Waals surface area contributed by atoms with Crippen LogP contribution in [0.3, 0.4) is 0 Å². The van der Waals surface area contributed by atoms with Crippen LogP contribution in [-0.2, 0) is 16.1 Å². The van der Waals surface area contributed by atoms with E-state index in [-0.39, 0.29) is 12.2 Å². The molecule has 0 saturated carbocycles. The summed E-state index contributed by atoms with van der Waals surface area (Å²) in [5.74, 6) is -0.935. The van der Waals surface area contributed by atoms with Crippen LogP contribution < -0.4 is 0 Å². The topological polar surface area (TPSA) is 66.8 Å². The lowest BCUT2D eigenvalue weighted by molar-refractivity contribution is -0.132. The highest BCUT2D eigenvalue weighted by molar-refractivity contribution is 5.84. The van der Waals surface area contributed by atoms with Crippen LogP contribution in [0.1, 0.15) is 18.1 Å². The summed E-state index contributed by atoms with van der Waals surface area (Å²) in [5, 5.41) is 16.4. The molecule has 19 heavy (non-hydrogen) atoms. The Morgan fingerprint density at radius 3 is 2.26 bits per heavy atom. The smallest absolute Gasteiger partial charge is 0.330 e. The number of carboxylic acids is 1. The number of aliphatic hydroxyl groups is 1. The minimum absolute atomic E-state index is 0.0741. The average Bonchev–Trinajstić information content (AvgIpc) is 2.40. The SMILES string of the molecule is C=C(C)C(=O)O.C=Cc1ccc(COCCO)cc1. The predicted molar refractivity (Wildman–Crippen MR) is 75.7 cm³/mol. The number of hydrogen-bond acceptors (Lipinski definition) is 3. The molecule has 0 radical (unpaired) electrons. The van der Waals surface area contributed by atoms with Crippen LogP contribution >= 0.6 is 0 Å². The first-order valence-corrected chi connectivity index (χ1v) is 5.80. The van der Waals surface area contributed by atoms with Crippen molar-refractivity contribution in [2.75, 3.05) is 13.2 Å². The van der Waals surface area contributed by atoms with Crippen molar-refractivity contribution < 1.29 is 19.7 Å². The van der Waals surface area contributed by atoms with Crippen LogP contribution in [0.15, 0.2) is 43.0 Å². The molecule has 0 saturated heterocycles. The monoisotopic (exact) mass is 264 g/mol. The lowest BCUT2D eigenvalue weighted by Gasteiger charge is -2.02. The van der Waals surface area contributed by atoms with Gasteiger partial charge < -0.3 is 14.9 Å². The average molecular weight is 264 g/mol. The van der Waals surface area contributed by atoms with E-state index in [9.17, 15) is 4.79 Å². The second kappa shape index (κ2) is 10.1. The highest BCUT2D eigenvalue weighted by Gasteiger charge is 1.92. The van der Waals surface area contributed by atoms with Crippen LogP contribution in [0, 0.1) is 0 Å². The molecule has 0 atom stereocenters. The van der Waals surface area contributed by atoms with E-state index < -0.39 is 5.97 Å². The second-order valence-corrected chi connectivity index (χ2v) is 3.81. The first-order chi connectivity index (χ1) is 9.01. The van der Waals surface area contributed by atoms with Gasteiger partial charge in [0.15, 0.2) is 0 Å². The molecule has 4 nitrogen and oxygen atoms in total. The van der Waals surface area contributed by atoms with Crippen molar-refractivity contribution in [2.45, 2.75) is 13.5 Å². The van der Waals surface area contributed by atoms with E-state index in [1.807, 2.05) is 24.3 Å². The molecule has 1 rings (SSSR count). The number of benzene rings is 1. The third kappa shape index (κ3) is 8.77. The van der Waals surface area contributed by atoms with Crippen molar-refractivity contribution in [3.63, 3.8) is 0 Å². The van der Waals surface area contributed by atoms with Crippen LogP contribution in [0.2, 0.25) is 0 Å². The normalized spacial score (nSPS) is 9.16. The molecule has 1 aromatic rings. The van der Waals surface area contributed by atoms with Crippen molar-refractivity contribution >= 4 is 12.0 Å². The standard InChI is InChI=1S/C11H14O2.C4H6O2/c1-2-10-3-5-11(6-4-10)9-13-8-7-12;1-3(2)4(5)6/h2-6,12H,1,7-9H2;1H2,2H3,(H,5,6). The molecule has 0 unspecified atom stereocenters. The molecule has 0 aliphatic heterocycles. The summed E-state index contributed by atoms with van der Waals surface area (Å²) in [4.78, 5) is 9.60. The van der Waals surface area contributed by atoms with E-state index >= 15 is 0 Å². The molecule has 0 heterocycles. The van der Waals surface area contributed by atoms with Gasteiger partial charge in [-0.05, 0) is 18.1 Å². The maximum atomic E-state index is 9.60. The molecular formula is C15H20O4. The lowest BCUT2D eigenvalue weighted by Crippen LogP contribution is -1.98. The molecule has 2 N–H and O–H groups in total. The molecule has 0 aliphatic carbocycles. The van der Waals surface area contributed by atoms with E-state index in [2.05, 4.69) is 13.2 Å². The summed E-state index contributed by atoms with van der Waals surface area (Å²) in [6.07, 6.45) is 1.80. The Bertz CT molecular complexity index is 395. The van der Waals surface area contributed by atoms with E-state index in [0.29, 0.717) is 13.2 Å². The zero-order valence-electron chi connectivity index (χ0n) is 11.1. The van der Waals surface area contributed by atoms with E-state index in [1.165, 1.54) is 6.92 Å². The zero-order valence-corrected chi connectivity index (χ0v) is 11.1. The number of rotatable bonds is 6. The molecule has 0 amide bonds. The molecule has 0 aromatic heterocycles. The van der Waals surface area contributed by atoms with E-state index in [0.717, 1.165) is 11.1 Å². The maximum Gasteiger partial charge on any atom is 0.330 e. The van der Waals surface area contributed by atoms with E-state index in [4.69, 9.17) is 14.9 Å². The van der Waals surface area contributed by atoms with Gasteiger partial charge in [0.1, 0.15) is 0 Å². The van der Waals surface area contributed by atoms with Crippen molar-refractivity contribution in [3.8, 4) is 0 Å². The Morgan fingerprint density at radius 2 is 1.89 bits per heavy atom. The largest absolute Gasteiger partial charge is 0.478 e. The van der Waals surface area contributed by atoms with Gasteiger partial charge in [0.2, 0.25) is 0 Å². The van der Waals surface area contributed by atoms with Crippen molar-refractivity contribution in [1.82, 2.24) is 0 Å². The van der Waals surface area contributed by atoms with Gasteiger partial charge in [-0.1, -0.05) is 43.5 Å². The molecule has 104 valence electrons. The molecule has 0 bridgehead atoms. The number of ether oxygens (including phenoxy) is 1. The summed E-state index contributed by atoms with van der Waals surface area (Å²) in [6.45, 7) is 9.29. The fraction of sp³-hybridized carbons (Fsp3) is 0.267.